The van der Waals surface area contributed by atoms with Crippen molar-refractivity contribution >= 4 is 21.6 Å². The van der Waals surface area contributed by atoms with Crippen molar-refractivity contribution in [2.45, 2.75) is 12.3 Å². The lowest BCUT2D eigenvalue weighted by Gasteiger charge is -2.24. The summed E-state index contributed by atoms with van der Waals surface area (Å²) in [5, 5.41) is 4.54. The van der Waals surface area contributed by atoms with Crippen LogP contribution in [0.1, 0.15) is 23.5 Å². The minimum atomic E-state index is 0.378. The Morgan fingerprint density at radius 1 is 1.00 bits per heavy atom. The zero-order valence-corrected chi connectivity index (χ0v) is 12.1. The molecule has 1 N–H and O–H groups in total. The summed E-state index contributed by atoms with van der Waals surface area (Å²) in [7, 11) is 0. The first kappa shape index (κ1) is 12.4. The van der Waals surface area contributed by atoms with Crippen LogP contribution in [0.15, 0.2) is 64.2 Å². The van der Waals surface area contributed by atoms with Crippen molar-refractivity contribution in [1.82, 2.24) is 5.43 Å². The van der Waals surface area contributed by atoms with Crippen LogP contribution in [0.3, 0.4) is 0 Å². The second kappa shape index (κ2) is 5.57. The Kier molecular flexibility index (Phi) is 3.65. The molecule has 19 heavy (non-hydrogen) atoms. The molecular weight excluding hydrogens is 300 g/mol. The Labute approximate surface area is 121 Å². The summed E-state index contributed by atoms with van der Waals surface area (Å²) in [6.07, 6.45) is 1.08. The molecule has 0 aliphatic carbocycles. The highest BCUT2D eigenvalue weighted by molar-refractivity contribution is 9.10. The van der Waals surface area contributed by atoms with Gasteiger partial charge in [-0.15, -0.1) is 0 Å². The summed E-state index contributed by atoms with van der Waals surface area (Å²) in [4.78, 5) is 0. The third-order valence-electron chi connectivity index (χ3n) is 3.42. The molecule has 3 rings (SSSR count). The molecule has 0 aromatic heterocycles. The van der Waals surface area contributed by atoms with E-state index in [1.807, 2.05) is 0 Å². The van der Waals surface area contributed by atoms with E-state index in [4.69, 9.17) is 0 Å². The lowest BCUT2D eigenvalue weighted by Crippen LogP contribution is -2.27. The summed E-state index contributed by atoms with van der Waals surface area (Å²) < 4.78 is 1.09. The summed E-state index contributed by atoms with van der Waals surface area (Å²) >= 11 is 3.47. The Hall–Kier alpha value is -1.61. The Bertz CT molecular complexity index is 575. The standard InChI is InChI=1S/C16H15BrN2/c17-14-8-6-13(7-9-14)16-15(10-11-18-19-16)12-4-2-1-3-5-12/h1-9,15,18H,10-11H2. The average molecular weight is 315 g/mol. The smallest absolute Gasteiger partial charge is 0.0750 e. The molecule has 1 unspecified atom stereocenters. The van der Waals surface area contributed by atoms with Gasteiger partial charge in [-0.05, 0) is 29.7 Å². The highest BCUT2D eigenvalue weighted by Crippen LogP contribution is 2.27. The number of hydrazone groups is 1. The van der Waals surface area contributed by atoms with Crippen LogP contribution in [0.4, 0.5) is 0 Å². The zero-order valence-electron chi connectivity index (χ0n) is 10.5. The molecule has 2 aromatic rings. The van der Waals surface area contributed by atoms with Gasteiger partial charge in [0.05, 0.1) is 5.71 Å². The summed E-state index contributed by atoms with van der Waals surface area (Å²) in [6.45, 7) is 0.930. The van der Waals surface area contributed by atoms with Crippen molar-refractivity contribution in [3.63, 3.8) is 0 Å². The molecule has 0 bridgehead atoms. The third-order valence-corrected chi connectivity index (χ3v) is 3.94. The molecule has 0 amide bonds. The summed E-state index contributed by atoms with van der Waals surface area (Å²) in [5.41, 5.74) is 6.78. The van der Waals surface area contributed by atoms with Gasteiger partial charge in [-0.1, -0.05) is 58.4 Å². The Balaban J connectivity index is 1.98. The average Bonchev–Trinajstić information content (AvgIpc) is 2.49. The van der Waals surface area contributed by atoms with Crippen molar-refractivity contribution in [2.24, 2.45) is 5.10 Å². The van der Waals surface area contributed by atoms with E-state index in [2.05, 4.69) is 81.1 Å². The fourth-order valence-corrected chi connectivity index (χ4v) is 2.73. The molecule has 1 atom stereocenters. The molecule has 1 aliphatic heterocycles. The normalized spacial score (nSPS) is 18.6. The van der Waals surface area contributed by atoms with Crippen LogP contribution in [0, 0.1) is 0 Å². The fraction of sp³-hybridized carbons (Fsp3) is 0.188. The molecule has 0 radical (unpaired) electrons. The van der Waals surface area contributed by atoms with Crippen LogP contribution in [-0.2, 0) is 0 Å². The monoisotopic (exact) mass is 314 g/mol. The van der Waals surface area contributed by atoms with E-state index in [-0.39, 0.29) is 0 Å². The van der Waals surface area contributed by atoms with Gasteiger partial charge in [0.2, 0.25) is 0 Å². The molecule has 3 heteroatoms. The number of nitrogens with zero attached hydrogens (tertiary/aromatic N) is 1. The summed E-state index contributed by atoms with van der Waals surface area (Å²) in [6, 6.07) is 19.0. The van der Waals surface area contributed by atoms with Crippen molar-refractivity contribution < 1.29 is 0 Å². The Morgan fingerprint density at radius 3 is 2.47 bits per heavy atom. The second-order valence-electron chi connectivity index (χ2n) is 4.66. The van der Waals surface area contributed by atoms with E-state index in [1.54, 1.807) is 0 Å². The molecular formula is C16H15BrN2. The van der Waals surface area contributed by atoms with Gasteiger partial charge in [-0.3, -0.25) is 0 Å². The first-order valence-electron chi connectivity index (χ1n) is 6.46. The van der Waals surface area contributed by atoms with Crippen molar-refractivity contribution in [2.75, 3.05) is 6.54 Å². The van der Waals surface area contributed by atoms with Crippen LogP contribution < -0.4 is 5.43 Å². The lowest BCUT2D eigenvalue weighted by atomic mass is 9.86. The molecule has 2 nitrogen and oxygen atoms in total. The Morgan fingerprint density at radius 2 is 1.74 bits per heavy atom. The highest BCUT2D eigenvalue weighted by atomic mass is 79.9. The van der Waals surface area contributed by atoms with Crippen LogP contribution in [0.2, 0.25) is 0 Å². The lowest BCUT2D eigenvalue weighted by molar-refractivity contribution is 0.618. The van der Waals surface area contributed by atoms with Crippen LogP contribution in [0.25, 0.3) is 0 Å². The van der Waals surface area contributed by atoms with Gasteiger partial charge in [-0.25, -0.2) is 0 Å². The molecule has 0 saturated carbocycles. The summed E-state index contributed by atoms with van der Waals surface area (Å²) in [5.74, 6) is 0.378. The number of hydrogen-bond donors (Lipinski definition) is 1. The van der Waals surface area contributed by atoms with Crippen LogP contribution in [-0.4, -0.2) is 12.3 Å². The quantitative estimate of drug-likeness (QED) is 0.892. The second-order valence-corrected chi connectivity index (χ2v) is 5.58. The van der Waals surface area contributed by atoms with Gasteiger partial charge >= 0.3 is 0 Å². The molecule has 96 valence electrons. The first-order chi connectivity index (χ1) is 9.34. The molecule has 1 aliphatic rings. The SMILES string of the molecule is Brc1ccc(C2=NNCCC2c2ccccc2)cc1. The topological polar surface area (TPSA) is 24.4 Å². The number of hydrogen-bond acceptors (Lipinski definition) is 2. The number of benzene rings is 2. The van der Waals surface area contributed by atoms with E-state index in [0.29, 0.717) is 5.92 Å². The maximum Gasteiger partial charge on any atom is 0.0750 e. The van der Waals surface area contributed by atoms with Gasteiger partial charge < -0.3 is 5.43 Å². The van der Waals surface area contributed by atoms with Gasteiger partial charge in [-0.2, -0.15) is 5.10 Å². The highest BCUT2D eigenvalue weighted by Gasteiger charge is 2.22. The molecule has 0 saturated heterocycles. The minimum absolute atomic E-state index is 0.378. The third kappa shape index (κ3) is 2.71. The first-order valence-corrected chi connectivity index (χ1v) is 7.25. The molecule has 0 spiro atoms. The number of halogens is 1. The maximum atomic E-state index is 4.54. The van der Waals surface area contributed by atoms with Gasteiger partial charge in [0.25, 0.3) is 0 Å². The maximum absolute atomic E-state index is 4.54. The fourth-order valence-electron chi connectivity index (χ4n) is 2.46. The van der Waals surface area contributed by atoms with Crippen LogP contribution >= 0.6 is 15.9 Å². The van der Waals surface area contributed by atoms with E-state index >= 15 is 0 Å². The van der Waals surface area contributed by atoms with Gasteiger partial charge in [0, 0.05) is 16.9 Å². The van der Waals surface area contributed by atoms with E-state index in [1.165, 1.54) is 11.1 Å². The molecule has 1 heterocycles. The van der Waals surface area contributed by atoms with Crippen molar-refractivity contribution in [3.05, 3.63) is 70.2 Å². The predicted molar refractivity (Wildman–Crippen MR) is 82.5 cm³/mol. The molecule has 2 aromatic carbocycles. The molecule has 0 fully saturated rings. The van der Waals surface area contributed by atoms with Gasteiger partial charge in [0.15, 0.2) is 0 Å². The van der Waals surface area contributed by atoms with E-state index in [9.17, 15) is 0 Å². The van der Waals surface area contributed by atoms with Crippen molar-refractivity contribution in [3.8, 4) is 0 Å². The van der Waals surface area contributed by atoms with E-state index < -0.39 is 0 Å². The van der Waals surface area contributed by atoms with Crippen molar-refractivity contribution in [1.29, 1.82) is 0 Å². The van der Waals surface area contributed by atoms with E-state index in [0.717, 1.165) is 23.1 Å². The van der Waals surface area contributed by atoms with Crippen LogP contribution in [0.5, 0.6) is 0 Å². The van der Waals surface area contributed by atoms with Gasteiger partial charge in [0.1, 0.15) is 0 Å². The number of rotatable bonds is 2. The minimum Gasteiger partial charge on any atom is -0.310 e. The number of nitrogens with one attached hydrogen (secondary N) is 1. The zero-order chi connectivity index (χ0) is 13.1. The largest absolute Gasteiger partial charge is 0.310 e. The predicted octanol–water partition coefficient (Wildman–Crippen LogP) is 3.93.